The zero-order valence-corrected chi connectivity index (χ0v) is 35.2. The second-order valence-corrected chi connectivity index (χ2v) is 17.3. The largest absolute Gasteiger partial charge is 0.228 e. The lowest BCUT2D eigenvalue weighted by atomic mass is 9.81. The zero-order valence-electron chi connectivity index (χ0n) is 35.2. The molecule has 2 heteroatoms. The van der Waals surface area contributed by atoms with Gasteiger partial charge in [0.2, 0.25) is 0 Å². The van der Waals surface area contributed by atoms with Crippen molar-refractivity contribution in [3.05, 3.63) is 230 Å². The van der Waals surface area contributed by atoms with Gasteiger partial charge < -0.3 is 0 Å². The molecule has 0 aliphatic heterocycles. The van der Waals surface area contributed by atoms with Crippen LogP contribution < -0.4 is 0 Å². The smallest absolute Gasteiger partial charge is 0.160 e. The predicted octanol–water partition coefficient (Wildman–Crippen LogP) is 16.2. The van der Waals surface area contributed by atoms with Crippen LogP contribution in [0.15, 0.2) is 218 Å². The van der Waals surface area contributed by atoms with E-state index in [-0.39, 0.29) is 5.41 Å². The van der Waals surface area contributed by atoms with Gasteiger partial charge in [-0.15, -0.1) is 0 Å². The Labute approximate surface area is 367 Å². The van der Waals surface area contributed by atoms with Crippen LogP contribution in [0.5, 0.6) is 0 Å². The van der Waals surface area contributed by atoms with Crippen LogP contribution in [0.3, 0.4) is 0 Å². The summed E-state index contributed by atoms with van der Waals surface area (Å²) >= 11 is 0. The Morgan fingerprint density at radius 2 is 0.873 bits per heavy atom. The van der Waals surface area contributed by atoms with Crippen LogP contribution in [0, 0.1) is 0 Å². The SMILES string of the molecule is CC1(C)c2ccccc2-c2ccc(-c3ccccc3-c3cc(-c4ccc(-c5c6ccccc6cc6c5ccc5ccccc56)cc4)nc(-c4ccc(-c5ccccc5)cc4)n3)cc21. The van der Waals surface area contributed by atoms with Crippen molar-refractivity contribution in [2.24, 2.45) is 0 Å². The van der Waals surface area contributed by atoms with Gasteiger partial charge in [0.15, 0.2) is 5.82 Å². The molecular weight excluding hydrogens is 761 g/mol. The third-order valence-electron chi connectivity index (χ3n) is 13.3. The first-order valence-corrected chi connectivity index (χ1v) is 21.8. The highest BCUT2D eigenvalue weighted by Gasteiger charge is 2.35. The van der Waals surface area contributed by atoms with Crippen molar-refractivity contribution < 1.29 is 0 Å². The maximum Gasteiger partial charge on any atom is 0.160 e. The first kappa shape index (κ1) is 36.9. The lowest BCUT2D eigenvalue weighted by molar-refractivity contribution is 0.660. The molecule has 11 aromatic rings. The van der Waals surface area contributed by atoms with Crippen molar-refractivity contribution in [2.45, 2.75) is 19.3 Å². The summed E-state index contributed by atoms with van der Waals surface area (Å²) in [6.45, 7) is 4.69. The minimum atomic E-state index is -0.101. The van der Waals surface area contributed by atoms with Crippen molar-refractivity contribution in [1.82, 2.24) is 9.97 Å². The summed E-state index contributed by atoms with van der Waals surface area (Å²) in [7, 11) is 0. The summed E-state index contributed by atoms with van der Waals surface area (Å²) in [5, 5.41) is 7.52. The van der Waals surface area contributed by atoms with Crippen LogP contribution in [-0.4, -0.2) is 9.97 Å². The Bertz CT molecular complexity index is 3560. The molecule has 0 fully saturated rings. The van der Waals surface area contributed by atoms with Crippen molar-refractivity contribution in [2.75, 3.05) is 0 Å². The quantitative estimate of drug-likeness (QED) is 0.124. The van der Waals surface area contributed by atoms with Crippen molar-refractivity contribution in [3.63, 3.8) is 0 Å². The van der Waals surface area contributed by atoms with E-state index < -0.39 is 0 Å². The first-order valence-electron chi connectivity index (χ1n) is 21.8. The highest BCUT2D eigenvalue weighted by Crippen LogP contribution is 2.50. The minimum absolute atomic E-state index is 0.101. The van der Waals surface area contributed by atoms with Crippen molar-refractivity contribution in [1.29, 1.82) is 0 Å². The third kappa shape index (κ3) is 6.17. The Balaban J connectivity index is 1.00. The van der Waals surface area contributed by atoms with Crippen molar-refractivity contribution >= 4 is 32.3 Å². The highest BCUT2D eigenvalue weighted by molar-refractivity contribution is 6.20. The standard InChI is InChI=1S/C61H42N2/c1-61(2)55-23-13-12-21-50(55)51-34-33-46(37-56(51)61)48-19-10-11-22-52(48)58-38-57(62-60(63-58)44-30-24-40(25-31-44)39-14-4-3-5-15-39)42-26-28-43(29-27-42)59-49-20-9-7-17-45(49)36-54-47-18-8-6-16-41(47)32-35-53(54)59/h3-38H,1-2H3. The molecule has 0 radical (unpaired) electrons. The second-order valence-electron chi connectivity index (χ2n) is 17.3. The van der Waals surface area contributed by atoms with Crippen LogP contribution in [0.4, 0.5) is 0 Å². The normalized spacial score (nSPS) is 12.7. The Kier molecular flexibility index (Phi) is 8.55. The molecular formula is C61H42N2. The summed E-state index contributed by atoms with van der Waals surface area (Å²) in [5.74, 6) is 0.693. The molecule has 2 nitrogen and oxygen atoms in total. The second kappa shape index (κ2) is 14.6. The minimum Gasteiger partial charge on any atom is -0.228 e. The molecule has 0 amide bonds. The van der Waals surface area contributed by atoms with Gasteiger partial charge in [-0.3, -0.25) is 0 Å². The van der Waals surface area contributed by atoms with Gasteiger partial charge >= 0.3 is 0 Å². The number of hydrogen-bond donors (Lipinski definition) is 0. The van der Waals surface area contributed by atoms with Gasteiger partial charge in [-0.2, -0.15) is 0 Å². The maximum atomic E-state index is 5.37. The fraction of sp³-hybridized carbons (Fsp3) is 0.0492. The first-order chi connectivity index (χ1) is 31.0. The molecule has 10 aromatic carbocycles. The van der Waals surface area contributed by atoms with Gasteiger partial charge in [-0.1, -0.05) is 214 Å². The average molecular weight is 803 g/mol. The molecule has 0 atom stereocenters. The predicted molar refractivity (Wildman–Crippen MR) is 265 cm³/mol. The van der Waals surface area contributed by atoms with Gasteiger partial charge in [-0.25, -0.2) is 9.97 Å². The number of nitrogens with zero attached hydrogens (tertiary/aromatic N) is 2. The fourth-order valence-corrected chi connectivity index (χ4v) is 10.1. The Hall–Kier alpha value is -7.94. The topological polar surface area (TPSA) is 25.8 Å². The van der Waals surface area contributed by atoms with E-state index in [9.17, 15) is 0 Å². The van der Waals surface area contributed by atoms with Gasteiger partial charge in [0.25, 0.3) is 0 Å². The summed E-state index contributed by atoms with van der Waals surface area (Å²) in [5.41, 5.74) is 17.2. The van der Waals surface area contributed by atoms with E-state index in [2.05, 4.69) is 232 Å². The van der Waals surface area contributed by atoms with E-state index in [4.69, 9.17) is 9.97 Å². The highest BCUT2D eigenvalue weighted by atomic mass is 14.9. The van der Waals surface area contributed by atoms with E-state index >= 15 is 0 Å². The molecule has 1 aliphatic carbocycles. The molecule has 0 unspecified atom stereocenters. The maximum absolute atomic E-state index is 5.37. The van der Waals surface area contributed by atoms with Crippen LogP contribution in [0.2, 0.25) is 0 Å². The molecule has 1 aliphatic rings. The zero-order chi connectivity index (χ0) is 42.1. The molecule has 12 rings (SSSR count). The lowest BCUT2D eigenvalue weighted by Crippen LogP contribution is -2.14. The summed E-state index contributed by atoms with van der Waals surface area (Å²) < 4.78 is 0. The van der Waals surface area contributed by atoms with Gasteiger partial charge in [0.1, 0.15) is 0 Å². The number of aromatic nitrogens is 2. The summed E-state index contributed by atoms with van der Waals surface area (Å²) in [4.78, 5) is 10.7. The molecule has 296 valence electrons. The Morgan fingerprint density at radius 3 is 1.68 bits per heavy atom. The van der Waals surface area contributed by atoms with Gasteiger partial charge in [-0.05, 0) is 106 Å². The number of hydrogen-bond acceptors (Lipinski definition) is 2. The monoisotopic (exact) mass is 802 g/mol. The third-order valence-corrected chi connectivity index (χ3v) is 13.3. The average Bonchev–Trinajstić information content (AvgIpc) is 3.58. The Morgan fingerprint density at radius 1 is 0.302 bits per heavy atom. The summed E-state index contributed by atoms with van der Waals surface area (Å²) in [6.07, 6.45) is 0. The van der Waals surface area contributed by atoms with E-state index in [1.807, 2.05) is 0 Å². The van der Waals surface area contributed by atoms with E-state index in [1.54, 1.807) is 0 Å². The molecule has 1 heterocycles. The van der Waals surface area contributed by atoms with E-state index in [0.717, 1.165) is 39.2 Å². The van der Waals surface area contributed by atoms with Gasteiger partial charge in [0.05, 0.1) is 11.4 Å². The molecule has 0 N–H and O–H groups in total. The van der Waals surface area contributed by atoms with E-state index in [0.29, 0.717) is 5.82 Å². The molecule has 0 saturated heterocycles. The lowest BCUT2D eigenvalue weighted by Gasteiger charge is -2.22. The number of benzene rings is 10. The van der Waals surface area contributed by atoms with Crippen molar-refractivity contribution in [3.8, 4) is 78.4 Å². The van der Waals surface area contributed by atoms with Gasteiger partial charge in [0, 0.05) is 22.1 Å². The molecule has 0 bridgehead atoms. The summed E-state index contributed by atoms with van der Waals surface area (Å²) in [6, 6.07) is 79.1. The number of fused-ring (bicyclic) bond motifs is 7. The van der Waals surface area contributed by atoms with Crippen LogP contribution in [-0.2, 0) is 5.41 Å². The van der Waals surface area contributed by atoms with Crippen LogP contribution in [0.1, 0.15) is 25.0 Å². The number of rotatable bonds is 6. The molecule has 0 saturated carbocycles. The van der Waals surface area contributed by atoms with E-state index in [1.165, 1.54) is 76.8 Å². The fourth-order valence-electron chi connectivity index (χ4n) is 10.1. The molecule has 63 heavy (non-hydrogen) atoms. The van der Waals surface area contributed by atoms with Crippen LogP contribution in [0.25, 0.3) is 111 Å². The molecule has 1 aromatic heterocycles. The van der Waals surface area contributed by atoms with Crippen LogP contribution >= 0.6 is 0 Å². The molecule has 0 spiro atoms.